The van der Waals surface area contributed by atoms with Crippen molar-refractivity contribution < 1.29 is 9.59 Å². The lowest BCUT2D eigenvalue weighted by Gasteiger charge is -2.17. The summed E-state index contributed by atoms with van der Waals surface area (Å²) < 4.78 is 0. The summed E-state index contributed by atoms with van der Waals surface area (Å²) in [5, 5.41) is 0. The predicted octanol–water partition coefficient (Wildman–Crippen LogP) is 1.09. The number of piperidine rings is 1. The molecule has 18 heavy (non-hydrogen) atoms. The molecule has 1 aliphatic carbocycles. The Morgan fingerprint density at radius 1 is 1.22 bits per heavy atom. The molecule has 94 valence electrons. The van der Waals surface area contributed by atoms with Crippen molar-refractivity contribution in [3.63, 3.8) is 0 Å². The Labute approximate surface area is 106 Å². The van der Waals surface area contributed by atoms with E-state index in [1.807, 2.05) is 24.3 Å². The molecule has 0 spiro atoms. The van der Waals surface area contributed by atoms with Crippen molar-refractivity contribution in [3.8, 4) is 0 Å². The molecule has 2 atom stereocenters. The first-order valence-corrected chi connectivity index (χ1v) is 6.39. The molecular weight excluding hydrogens is 228 g/mol. The Balaban J connectivity index is 1.84. The molecule has 2 unspecified atom stereocenters. The molecule has 1 saturated carbocycles. The van der Waals surface area contributed by atoms with E-state index in [9.17, 15) is 9.59 Å². The first kappa shape index (κ1) is 11.4. The van der Waals surface area contributed by atoms with Gasteiger partial charge in [0.2, 0.25) is 11.8 Å². The van der Waals surface area contributed by atoms with Crippen molar-refractivity contribution in [2.45, 2.75) is 19.3 Å². The first-order chi connectivity index (χ1) is 8.72. The summed E-state index contributed by atoms with van der Waals surface area (Å²) in [5.41, 5.74) is 7.32. The third kappa shape index (κ3) is 1.73. The van der Waals surface area contributed by atoms with E-state index in [-0.39, 0.29) is 23.7 Å². The fraction of sp³-hybridized carbons (Fsp3) is 0.429. The smallest absolute Gasteiger partial charge is 0.237 e. The predicted molar refractivity (Wildman–Crippen MR) is 67.9 cm³/mol. The number of carbonyl (C=O) groups excluding carboxylic acids is 2. The molecule has 1 aliphatic heterocycles. The molecule has 2 N–H and O–H groups in total. The summed E-state index contributed by atoms with van der Waals surface area (Å²) in [7, 11) is 0. The zero-order chi connectivity index (χ0) is 12.7. The number of hydrogen-bond donors (Lipinski definition) is 1. The monoisotopic (exact) mass is 244 g/mol. The highest BCUT2D eigenvalue weighted by Crippen LogP contribution is 2.48. The fourth-order valence-electron chi connectivity index (χ4n) is 2.59. The van der Waals surface area contributed by atoms with Gasteiger partial charge < -0.3 is 5.73 Å². The summed E-state index contributed by atoms with van der Waals surface area (Å²) in [6.07, 6.45) is 2.55. The second-order valence-electron chi connectivity index (χ2n) is 5.02. The number of amides is 2. The molecule has 0 bridgehead atoms. The van der Waals surface area contributed by atoms with Crippen LogP contribution in [0.4, 0.5) is 5.69 Å². The second-order valence-corrected chi connectivity index (χ2v) is 5.02. The number of nitrogens with two attached hydrogens (primary N) is 1. The van der Waals surface area contributed by atoms with Gasteiger partial charge in [-0.25, -0.2) is 0 Å². The van der Waals surface area contributed by atoms with Crippen molar-refractivity contribution in [2.24, 2.45) is 17.6 Å². The fourth-order valence-corrected chi connectivity index (χ4v) is 2.59. The average Bonchev–Trinajstić information content (AvgIpc) is 3.12. The summed E-state index contributed by atoms with van der Waals surface area (Å²) in [5.74, 6) is -0.127. The molecule has 0 aromatic heterocycles. The van der Waals surface area contributed by atoms with E-state index in [1.165, 1.54) is 4.90 Å². The molecule has 1 aromatic carbocycles. The van der Waals surface area contributed by atoms with Gasteiger partial charge >= 0.3 is 0 Å². The highest BCUT2D eigenvalue weighted by Gasteiger charge is 2.59. The van der Waals surface area contributed by atoms with Gasteiger partial charge in [0, 0.05) is 0 Å². The lowest BCUT2D eigenvalue weighted by molar-refractivity contribution is -0.123. The van der Waals surface area contributed by atoms with E-state index < -0.39 is 0 Å². The van der Waals surface area contributed by atoms with E-state index in [0.29, 0.717) is 12.2 Å². The minimum Gasteiger partial charge on any atom is -0.330 e. The van der Waals surface area contributed by atoms with Gasteiger partial charge in [0.1, 0.15) is 0 Å². The Morgan fingerprint density at radius 3 is 2.61 bits per heavy atom. The topological polar surface area (TPSA) is 63.4 Å². The summed E-state index contributed by atoms with van der Waals surface area (Å²) in [6.45, 7) is 0.649. The first-order valence-electron chi connectivity index (χ1n) is 6.39. The molecule has 3 rings (SSSR count). The van der Waals surface area contributed by atoms with Gasteiger partial charge in [-0.1, -0.05) is 12.1 Å². The number of carbonyl (C=O) groups is 2. The second kappa shape index (κ2) is 4.21. The van der Waals surface area contributed by atoms with Crippen molar-refractivity contribution in [3.05, 3.63) is 29.8 Å². The molecule has 4 nitrogen and oxygen atoms in total. The third-order valence-electron chi connectivity index (χ3n) is 3.70. The van der Waals surface area contributed by atoms with E-state index in [2.05, 4.69) is 0 Å². The summed E-state index contributed by atoms with van der Waals surface area (Å²) in [6, 6.07) is 7.65. The number of aryl methyl sites for hydroxylation is 1. The number of benzene rings is 1. The van der Waals surface area contributed by atoms with Crippen LogP contribution in [-0.4, -0.2) is 18.4 Å². The zero-order valence-corrected chi connectivity index (χ0v) is 10.1. The normalized spacial score (nSPS) is 25.5. The Hall–Kier alpha value is -1.68. The Kier molecular flexibility index (Phi) is 2.67. The third-order valence-corrected chi connectivity index (χ3v) is 3.70. The van der Waals surface area contributed by atoms with Gasteiger partial charge in [-0.3, -0.25) is 14.5 Å². The minimum absolute atomic E-state index is 0.0269. The number of hydrogen-bond acceptors (Lipinski definition) is 3. The van der Waals surface area contributed by atoms with Gasteiger partial charge in [-0.2, -0.15) is 0 Å². The lowest BCUT2D eigenvalue weighted by atomic mass is 10.1. The van der Waals surface area contributed by atoms with Crippen LogP contribution in [0.2, 0.25) is 0 Å². The highest BCUT2D eigenvalue weighted by atomic mass is 16.2. The molecule has 0 radical (unpaired) electrons. The standard InChI is InChI=1S/C14H16N2O2/c15-6-2-4-9-3-1-5-10(7-9)16-13(17)11-8-12(11)14(16)18/h1,3,5,7,11-12H,2,4,6,8,15H2. The zero-order valence-electron chi connectivity index (χ0n) is 10.1. The van der Waals surface area contributed by atoms with Crippen LogP contribution in [0.1, 0.15) is 18.4 Å². The molecule has 1 saturated heterocycles. The molecule has 1 heterocycles. The molecule has 1 aromatic rings. The van der Waals surface area contributed by atoms with E-state index in [4.69, 9.17) is 5.73 Å². The van der Waals surface area contributed by atoms with Crippen LogP contribution in [0.5, 0.6) is 0 Å². The van der Waals surface area contributed by atoms with Crippen LogP contribution >= 0.6 is 0 Å². The van der Waals surface area contributed by atoms with E-state index in [1.54, 1.807) is 0 Å². The van der Waals surface area contributed by atoms with Gasteiger partial charge in [-0.05, 0) is 43.5 Å². The van der Waals surface area contributed by atoms with Crippen LogP contribution in [0, 0.1) is 11.8 Å². The quantitative estimate of drug-likeness (QED) is 0.806. The van der Waals surface area contributed by atoms with E-state index >= 15 is 0 Å². The summed E-state index contributed by atoms with van der Waals surface area (Å²) in [4.78, 5) is 25.3. The minimum atomic E-state index is -0.0369. The Morgan fingerprint density at radius 2 is 1.94 bits per heavy atom. The van der Waals surface area contributed by atoms with Crippen LogP contribution in [0.15, 0.2) is 24.3 Å². The van der Waals surface area contributed by atoms with E-state index in [0.717, 1.165) is 24.8 Å². The molecule has 2 amide bonds. The molecule has 2 fully saturated rings. The van der Waals surface area contributed by atoms with Crippen LogP contribution in [0.25, 0.3) is 0 Å². The molecule has 4 heteroatoms. The largest absolute Gasteiger partial charge is 0.330 e. The van der Waals surface area contributed by atoms with Crippen LogP contribution < -0.4 is 10.6 Å². The number of anilines is 1. The maximum Gasteiger partial charge on any atom is 0.237 e. The number of fused-ring (bicyclic) bond motifs is 1. The van der Waals surface area contributed by atoms with Crippen molar-refractivity contribution >= 4 is 17.5 Å². The number of imide groups is 1. The van der Waals surface area contributed by atoms with Gasteiger partial charge in [0.05, 0.1) is 17.5 Å². The number of nitrogens with zero attached hydrogens (tertiary/aromatic N) is 1. The number of rotatable bonds is 4. The molecule has 2 aliphatic rings. The lowest BCUT2D eigenvalue weighted by Crippen LogP contribution is -2.32. The maximum atomic E-state index is 12.0. The SMILES string of the molecule is NCCCc1cccc(N2C(=O)C3CC3C2=O)c1. The van der Waals surface area contributed by atoms with Crippen LogP contribution in [-0.2, 0) is 16.0 Å². The highest BCUT2D eigenvalue weighted by molar-refractivity contribution is 6.24. The van der Waals surface area contributed by atoms with Crippen molar-refractivity contribution in [1.82, 2.24) is 0 Å². The van der Waals surface area contributed by atoms with Crippen molar-refractivity contribution in [2.75, 3.05) is 11.4 Å². The van der Waals surface area contributed by atoms with Gasteiger partial charge in [0.15, 0.2) is 0 Å². The van der Waals surface area contributed by atoms with Gasteiger partial charge in [-0.15, -0.1) is 0 Å². The summed E-state index contributed by atoms with van der Waals surface area (Å²) >= 11 is 0. The average molecular weight is 244 g/mol. The van der Waals surface area contributed by atoms with Gasteiger partial charge in [0.25, 0.3) is 0 Å². The van der Waals surface area contributed by atoms with Crippen LogP contribution in [0.3, 0.4) is 0 Å². The Bertz CT molecular complexity index is 492. The van der Waals surface area contributed by atoms with Crippen molar-refractivity contribution in [1.29, 1.82) is 0 Å². The maximum absolute atomic E-state index is 12.0. The molecular formula is C14H16N2O2.